The van der Waals surface area contributed by atoms with Gasteiger partial charge in [0.2, 0.25) is 5.78 Å². The maximum Gasteiger partial charge on any atom is 0.205 e. The van der Waals surface area contributed by atoms with Gasteiger partial charge in [-0.25, -0.2) is 0 Å². The molecule has 20 heavy (non-hydrogen) atoms. The van der Waals surface area contributed by atoms with Crippen molar-refractivity contribution in [3.8, 4) is 0 Å². The molecule has 1 heterocycles. The Bertz CT molecular complexity index is 690. The molecule has 0 saturated heterocycles. The zero-order valence-electron chi connectivity index (χ0n) is 10.8. The van der Waals surface area contributed by atoms with Crippen LogP contribution in [0, 0.1) is 0 Å². The molecule has 1 unspecified atom stereocenters. The van der Waals surface area contributed by atoms with Crippen molar-refractivity contribution in [2.24, 2.45) is 0 Å². The van der Waals surface area contributed by atoms with Crippen LogP contribution in [0.3, 0.4) is 0 Å². The first kappa shape index (κ1) is 12.6. The second kappa shape index (κ2) is 4.28. The lowest BCUT2D eigenvalue weighted by Gasteiger charge is -2.27. The zero-order valence-corrected chi connectivity index (χ0v) is 10.8. The molecule has 0 aromatic heterocycles. The maximum absolute atomic E-state index is 12.0. The number of ether oxygens (including phenoxy) is 1. The van der Waals surface area contributed by atoms with E-state index in [9.17, 15) is 14.7 Å². The van der Waals surface area contributed by atoms with E-state index in [1.165, 1.54) is 19.3 Å². The highest BCUT2D eigenvalue weighted by Gasteiger charge is 2.44. The molecule has 1 atom stereocenters. The number of hydrogen-bond acceptors (Lipinski definition) is 4. The molecule has 0 fully saturated rings. The summed E-state index contributed by atoms with van der Waals surface area (Å²) in [7, 11) is 0. The second-order valence-corrected chi connectivity index (χ2v) is 4.89. The molecular weight excluding hydrogens is 256 g/mol. The van der Waals surface area contributed by atoms with Gasteiger partial charge in [-0.15, -0.1) is 0 Å². The molecule has 1 aromatic carbocycles. The number of allylic oxidation sites excluding steroid dienone is 2. The van der Waals surface area contributed by atoms with Gasteiger partial charge in [0.25, 0.3) is 0 Å². The Balaban J connectivity index is 2.05. The molecule has 0 radical (unpaired) electrons. The van der Waals surface area contributed by atoms with E-state index in [0.717, 1.165) is 5.56 Å². The van der Waals surface area contributed by atoms with Crippen molar-refractivity contribution in [3.63, 3.8) is 0 Å². The van der Waals surface area contributed by atoms with Gasteiger partial charge in [-0.05, 0) is 24.6 Å². The molecule has 1 aromatic rings. The summed E-state index contributed by atoms with van der Waals surface area (Å²) in [5.74, 6) is -0.689. The average molecular weight is 268 g/mol. The minimum absolute atomic E-state index is 0.217. The van der Waals surface area contributed by atoms with Gasteiger partial charge in [0, 0.05) is 5.56 Å². The number of carbonyl (C=O) groups is 2. The van der Waals surface area contributed by atoms with Crippen LogP contribution in [0.2, 0.25) is 0 Å². The summed E-state index contributed by atoms with van der Waals surface area (Å²) in [5.41, 5.74) is -0.469. The first-order valence-electron chi connectivity index (χ1n) is 6.18. The van der Waals surface area contributed by atoms with Crippen molar-refractivity contribution in [2.75, 3.05) is 0 Å². The lowest BCUT2D eigenvalue weighted by molar-refractivity contribution is -0.144. The lowest BCUT2D eigenvalue weighted by Crippen LogP contribution is -2.46. The largest absolute Gasteiger partial charge is 0.464 e. The Morgan fingerprint density at radius 3 is 2.50 bits per heavy atom. The SMILES string of the molecule is CC1(O)C(=O)C=C2C=C(c3ccccc3)OC=C2C1=O. The number of rotatable bonds is 1. The highest BCUT2D eigenvalue weighted by atomic mass is 16.5. The highest BCUT2D eigenvalue weighted by molar-refractivity contribution is 6.25. The Hall–Kier alpha value is -2.46. The zero-order chi connectivity index (χ0) is 14.3. The van der Waals surface area contributed by atoms with Crippen LogP contribution in [-0.2, 0) is 14.3 Å². The summed E-state index contributed by atoms with van der Waals surface area (Å²) < 4.78 is 5.45. The van der Waals surface area contributed by atoms with Crippen molar-refractivity contribution in [1.29, 1.82) is 0 Å². The minimum Gasteiger partial charge on any atom is -0.464 e. The Labute approximate surface area is 115 Å². The van der Waals surface area contributed by atoms with Crippen molar-refractivity contribution in [2.45, 2.75) is 12.5 Å². The van der Waals surface area contributed by atoms with Crippen molar-refractivity contribution in [1.82, 2.24) is 0 Å². The average Bonchev–Trinajstić information content (AvgIpc) is 2.46. The Morgan fingerprint density at radius 1 is 1.10 bits per heavy atom. The van der Waals surface area contributed by atoms with Crippen LogP contribution < -0.4 is 0 Å². The molecule has 0 bridgehead atoms. The summed E-state index contributed by atoms with van der Waals surface area (Å²) in [4.78, 5) is 23.8. The third-order valence-electron chi connectivity index (χ3n) is 3.41. The van der Waals surface area contributed by atoms with E-state index in [4.69, 9.17) is 4.74 Å². The van der Waals surface area contributed by atoms with E-state index >= 15 is 0 Å². The predicted octanol–water partition coefficient (Wildman–Crippen LogP) is 1.77. The van der Waals surface area contributed by atoms with Gasteiger partial charge >= 0.3 is 0 Å². The number of hydrogen-bond donors (Lipinski definition) is 1. The Morgan fingerprint density at radius 2 is 1.80 bits per heavy atom. The normalized spacial score (nSPS) is 25.2. The van der Waals surface area contributed by atoms with Crippen LogP contribution >= 0.6 is 0 Å². The van der Waals surface area contributed by atoms with Crippen LogP contribution in [0.4, 0.5) is 0 Å². The molecular formula is C16H12O4. The van der Waals surface area contributed by atoms with E-state index in [1.807, 2.05) is 30.3 Å². The standard InChI is InChI=1S/C16H12O4/c1-16(19)14(17)8-11-7-13(10-5-3-2-4-6-10)20-9-12(11)15(16)18/h2-9,19H,1H3. The number of aliphatic hydroxyl groups is 1. The predicted molar refractivity (Wildman–Crippen MR) is 72.3 cm³/mol. The van der Waals surface area contributed by atoms with Crippen LogP contribution in [0.5, 0.6) is 0 Å². The van der Waals surface area contributed by atoms with E-state index in [0.29, 0.717) is 11.3 Å². The van der Waals surface area contributed by atoms with Gasteiger partial charge < -0.3 is 9.84 Å². The molecule has 0 amide bonds. The molecule has 2 aliphatic rings. The van der Waals surface area contributed by atoms with Gasteiger partial charge in [0.1, 0.15) is 12.0 Å². The second-order valence-electron chi connectivity index (χ2n) is 4.89. The van der Waals surface area contributed by atoms with E-state index in [2.05, 4.69) is 0 Å². The van der Waals surface area contributed by atoms with Crippen LogP contribution in [0.15, 0.2) is 59.9 Å². The lowest BCUT2D eigenvalue weighted by atomic mass is 9.80. The summed E-state index contributed by atoms with van der Waals surface area (Å²) in [6.45, 7) is 1.20. The summed E-state index contributed by atoms with van der Waals surface area (Å²) in [5, 5.41) is 9.87. The van der Waals surface area contributed by atoms with E-state index < -0.39 is 17.2 Å². The summed E-state index contributed by atoms with van der Waals surface area (Å²) in [6.07, 6.45) is 4.20. The van der Waals surface area contributed by atoms with Crippen molar-refractivity contribution < 1.29 is 19.4 Å². The van der Waals surface area contributed by atoms with Gasteiger partial charge in [-0.1, -0.05) is 30.3 Å². The van der Waals surface area contributed by atoms with Gasteiger partial charge in [-0.2, -0.15) is 0 Å². The van der Waals surface area contributed by atoms with Crippen LogP contribution in [0.1, 0.15) is 12.5 Å². The molecule has 0 saturated carbocycles. The van der Waals surface area contributed by atoms with E-state index in [1.54, 1.807) is 6.08 Å². The fourth-order valence-electron chi connectivity index (χ4n) is 2.16. The number of benzene rings is 1. The third kappa shape index (κ3) is 1.82. The van der Waals surface area contributed by atoms with Gasteiger partial charge in [0.15, 0.2) is 11.4 Å². The molecule has 1 aliphatic heterocycles. The minimum atomic E-state index is -2.00. The fraction of sp³-hybridized carbons (Fsp3) is 0.125. The molecule has 100 valence electrons. The van der Waals surface area contributed by atoms with Crippen molar-refractivity contribution in [3.05, 3.63) is 65.5 Å². The first-order valence-corrected chi connectivity index (χ1v) is 6.18. The quantitative estimate of drug-likeness (QED) is 0.788. The molecule has 0 spiro atoms. The van der Waals surface area contributed by atoms with Gasteiger partial charge in [-0.3, -0.25) is 9.59 Å². The molecule has 3 rings (SSSR count). The summed E-state index contributed by atoms with van der Waals surface area (Å²) in [6, 6.07) is 9.37. The maximum atomic E-state index is 12.0. The molecule has 1 N–H and O–H groups in total. The molecule has 4 heteroatoms. The number of fused-ring (bicyclic) bond motifs is 1. The number of ketones is 2. The number of carbonyl (C=O) groups excluding carboxylic acids is 2. The smallest absolute Gasteiger partial charge is 0.205 e. The first-order chi connectivity index (χ1) is 9.50. The monoisotopic (exact) mass is 268 g/mol. The molecule has 1 aliphatic carbocycles. The summed E-state index contributed by atoms with van der Waals surface area (Å²) >= 11 is 0. The third-order valence-corrected chi connectivity index (χ3v) is 3.41. The van der Waals surface area contributed by atoms with Crippen LogP contribution in [-0.4, -0.2) is 22.3 Å². The van der Waals surface area contributed by atoms with E-state index in [-0.39, 0.29) is 5.57 Å². The Kier molecular flexibility index (Phi) is 2.69. The fourth-order valence-corrected chi connectivity index (χ4v) is 2.16. The topological polar surface area (TPSA) is 63.6 Å². The highest BCUT2D eigenvalue weighted by Crippen LogP contribution is 2.33. The number of Topliss-reactive ketones (excluding diaryl/α,β-unsaturated/α-hetero) is 1. The van der Waals surface area contributed by atoms with Crippen molar-refractivity contribution >= 4 is 17.3 Å². The van der Waals surface area contributed by atoms with Gasteiger partial charge in [0.05, 0.1) is 5.57 Å². The molecule has 4 nitrogen and oxygen atoms in total. The van der Waals surface area contributed by atoms with Crippen LogP contribution in [0.25, 0.3) is 5.76 Å².